The fourth-order valence-electron chi connectivity index (χ4n) is 2.37. The quantitative estimate of drug-likeness (QED) is 0.665. The van der Waals surface area contributed by atoms with Gasteiger partial charge in [-0.3, -0.25) is 4.79 Å². The molecule has 0 amide bonds. The van der Waals surface area contributed by atoms with Gasteiger partial charge in [0, 0.05) is 7.06 Å². The predicted octanol–water partition coefficient (Wildman–Crippen LogP) is 0.509. The molecule has 0 bridgehead atoms. The maximum Gasteiger partial charge on any atom is 0.175 e. The summed E-state index contributed by atoms with van der Waals surface area (Å²) in [5.74, 6) is -0.775. The van der Waals surface area contributed by atoms with Gasteiger partial charge in [-0.2, -0.15) is 0 Å². The second kappa shape index (κ2) is 3.77. The second-order valence-electron chi connectivity index (χ2n) is 4.73. The first-order valence-corrected chi connectivity index (χ1v) is 5.25. The molecule has 2 aliphatic rings. The molecule has 5 nitrogen and oxygen atoms in total. The largest absolute Gasteiger partial charge is 0.381 e. The Kier molecular flexibility index (Phi) is 2.24. The van der Waals surface area contributed by atoms with Crippen LogP contribution in [0.4, 0.5) is 0 Å². The van der Waals surface area contributed by atoms with Crippen LogP contribution in [0, 0.1) is 0 Å². The third-order valence-corrected chi connectivity index (χ3v) is 2.99. The van der Waals surface area contributed by atoms with Crippen LogP contribution in [0.3, 0.4) is 0 Å². The summed E-state index contributed by atoms with van der Waals surface area (Å²) in [5, 5.41) is 0. The van der Waals surface area contributed by atoms with Crippen molar-refractivity contribution in [3.05, 3.63) is 0 Å². The lowest BCUT2D eigenvalue weighted by Crippen LogP contribution is -2.48. The molecule has 2 fully saturated rings. The first kappa shape index (κ1) is 9.53. The summed E-state index contributed by atoms with van der Waals surface area (Å²) >= 11 is 0. The zero-order valence-corrected chi connectivity index (χ0v) is 9.64. The molecule has 16 heavy (non-hydrogen) atoms. The Hall–Kier alpha value is -0.490. The summed E-state index contributed by atoms with van der Waals surface area (Å²) < 4.78 is 35.9. The maximum absolute atomic E-state index is 11.4. The van der Waals surface area contributed by atoms with Gasteiger partial charge in [0.15, 0.2) is 17.7 Å². The molecule has 4 unspecified atom stereocenters. The van der Waals surface area contributed by atoms with Crippen molar-refractivity contribution in [3.8, 4) is 0 Å². The molecule has 0 saturated carbocycles. The van der Waals surface area contributed by atoms with E-state index in [2.05, 4.69) is 0 Å². The third kappa shape index (κ3) is 1.68. The number of hydrogen-bond acceptors (Lipinski definition) is 5. The van der Waals surface area contributed by atoms with Crippen LogP contribution in [-0.2, 0) is 23.7 Å². The fraction of sp³-hybridized carbons (Fsp3) is 0.909. The summed E-state index contributed by atoms with van der Waals surface area (Å²) in [6, 6.07) is 0. The van der Waals surface area contributed by atoms with Crippen molar-refractivity contribution in [1.82, 2.24) is 0 Å². The molecular weight excluding hydrogens is 212 g/mol. The molecule has 5 heteroatoms. The Morgan fingerprint density at radius 3 is 2.94 bits per heavy atom. The Labute approximate surface area is 97.8 Å². The van der Waals surface area contributed by atoms with Gasteiger partial charge in [0.2, 0.25) is 0 Å². The lowest BCUT2D eigenvalue weighted by atomic mass is 9.97. The van der Waals surface area contributed by atoms with Crippen molar-refractivity contribution in [1.29, 1.82) is 0 Å². The maximum atomic E-state index is 11.4. The molecule has 0 aromatic rings. The molecule has 5 atom stereocenters. The Bertz CT molecular complexity index is 335. The molecular formula is C11H18O5. The van der Waals surface area contributed by atoms with Crippen LogP contribution in [0.25, 0.3) is 0 Å². The Morgan fingerprint density at radius 2 is 2.31 bits per heavy atom. The van der Waals surface area contributed by atoms with Crippen molar-refractivity contribution in [2.24, 2.45) is 0 Å². The summed E-state index contributed by atoms with van der Waals surface area (Å²) in [4.78, 5) is 11.4. The van der Waals surface area contributed by atoms with E-state index in [1.165, 1.54) is 0 Å². The van der Waals surface area contributed by atoms with E-state index in [4.69, 9.17) is 21.7 Å². The van der Waals surface area contributed by atoms with Crippen LogP contribution in [0.5, 0.6) is 0 Å². The summed E-state index contributed by atoms with van der Waals surface area (Å²) in [6.45, 7) is 5.16. The zero-order valence-electron chi connectivity index (χ0n) is 11.6. The summed E-state index contributed by atoms with van der Waals surface area (Å²) in [6.07, 6.45) is -0.593. The van der Waals surface area contributed by atoms with Crippen LogP contribution in [-0.4, -0.2) is 49.7 Å². The van der Waals surface area contributed by atoms with Crippen LogP contribution in [0.1, 0.15) is 23.5 Å². The lowest BCUT2D eigenvalue weighted by molar-refractivity contribution is -0.209. The molecule has 0 aromatic heterocycles. The van der Waals surface area contributed by atoms with Gasteiger partial charge in [-0.25, -0.2) is 0 Å². The van der Waals surface area contributed by atoms with Crippen molar-refractivity contribution in [3.63, 3.8) is 0 Å². The normalized spacial score (nSPS) is 49.3. The Morgan fingerprint density at radius 1 is 1.56 bits per heavy atom. The van der Waals surface area contributed by atoms with Crippen LogP contribution < -0.4 is 0 Å². The van der Waals surface area contributed by atoms with Gasteiger partial charge in [-0.05, 0) is 20.8 Å². The average molecular weight is 233 g/mol. The molecule has 0 spiro atoms. The number of fused-ring (bicyclic) bond motifs is 1. The molecule has 0 N–H and O–H groups in total. The van der Waals surface area contributed by atoms with Crippen LogP contribution >= 0.6 is 0 Å². The highest BCUT2D eigenvalue weighted by Gasteiger charge is 2.61. The van der Waals surface area contributed by atoms with Gasteiger partial charge in [-0.1, -0.05) is 0 Å². The van der Waals surface area contributed by atoms with Gasteiger partial charge in [0.05, 0.1) is 15.5 Å². The molecule has 0 aromatic carbocycles. The van der Waals surface area contributed by atoms with Crippen LogP contribution in [0.2, 0.25) is 0 Å². The van der Waals surface area contributed by atoms with E-state index >= 15 is 0 Å². The van der Waals surface area contributed by atoms with Gasteiger partial charge >= 0.3 is 0 Å². The van der Waals surface area contributed by atoms with Crippen molar-refractivity contribution in [2.75, 3.05) is 13.7 Å². The number of aldehydes is 1. The zero-order chi connectivity index (χ0) is 13.6. The number of carbonyl (C=O) groups excluding carboxylic acids is 1. The molecule has 2 saturated heterocycles. The van der Waals surface area contributed by atoms with E-state index in [9.17, 15) is 4.79 Å². The molecule has 2 heterocycles. The smallest absolute Gasteiger partial charge is 0.175 e. The average Bonchev–Trinajstić information content (AvgIpc) is 2.71. The van der Waals surface area contributed by atoms with Crippen molar-refractivity contribution >= 4 is 6.29 Å². The minimum absolute atomic E-state index is 0.181. The van der Waals surface area contributed by atoms with Crippen LogP contribution in [0.15, 0.2) is 0 Å². The minimum Gasteiger partial charge on any atom is -0.381 e. The van der Waals surface area contributed by atoms with E-state index in [-0.39, 0.29) is 18.8 Å². The predicted molar refractivity (Wildman–Crippen MR) is 55.0 cm³/mol. The highest BCUT2D eigenvalue weighted by Crippen LogP contribution is 2.43. The summed E-state index contributed by atoms with van der Waals surface area (Å²) in [7, 11) is -1.46. The number of rotatable bonds is 3. The number of hydrogen-bond donors (Lipinski definition) is 0. The van der Waals surface area contributed by atoms with Crippen molar-refractivity contribution < 1.29 is 26.5 Å². The third-order valence-electron chi connectivity index (χ3n) is 2.99. The Balaban J connectivity index is 2.18. The van der Waals surface area contributed by atoms with E-state index in [0.717, 1.165) is 0 Å². The van der Waals surface area contributed by atoms with E-state index in [0.29, 0.717) is 6.29 Å². The lowest BCUT2D eigenvalue weighted by Gasteiger charge is -2.29. The summed E-state index contributed by atoms with van der Waals surface area (Å²) in [5.41, 5.74) is -1.29. The van der Waals surface area contributed by atoms with E-state index in [1.807, 2.05) is 0 Å². The first-order chi connectivity index (χ1) is 8.30. The van der Waals surface area contributed by atoms with E-state index < -0.39 is 24.6 Å². The number of ether oxygens (including phenoxy) is 4. The highest BCUT2D eigenvalue weighted by molar-refractivity contribution is 5.65. The number of methoxy groups -OCH3 is 1. The van der Waals surface area contributed by atoms with Crippen molar-refractivity contribution in [2.45, 2.75) is 50.5 Å². The van der Waals surface area contributed by atoms with E-state index in [1.54, 1.807) is 20.8 Å². The molecule has 0 radical (unpaired) electrons. The second-order valence-corrected chi connectivity index (χ2v) is 4.73. The molecule has 2 aliphatic heterocycles. The molecule has 92 valence electrons. The molecule has 2 rings (SSSR count). The van der Waals surface area contributed by atoms with Gasteiger partial charge in [-0.15, -0.1) is 0 Å². The highest BCUT2D eigenvalue weighted by atomic mass is 16.8. The first-order valence-electron chi connectivity index (χ1n) is 6.41. The molecule has 0 aliphatic carbocycles. The number of carbonyl (C=O) groups is 1. The topological polar surface area (TPSA) is 54.0 Å². The fourth-order valence-corrected chi connectivity index (χ4v) is 2.37. The minimum atomic E-state index is -1.46. The van der Waals surface area contributed by atoms with Gasteiger partial charge in [0.1, 0.15) is 12.2 Å². The van der Waals surface area contributed by atoms with Gasteiger partial charge in [0.25, 0.3) is 0 Å². The monoisotopic (exact) mass is 233 g/mol. The standard InChI is InChI=1S/C11H18O5/c1-7-8-9(16-10(2,3)15-8)11(5-12,14-7)6-13-4/h5,7-9H,6H2,1-4H3/t7?,8-,9?,11?/m1/s1/i4TD/t4?,7?,8-,9?,11?. The SMILES string of the molecule is [2H]C([3H])OCC1(C=O)OC(C)[C@H]2OC(C)(C)OC21. The van der Waals surface area contributed by atoms with Gasteiger partial charge < -0.3 is 18.9 Å².